The van der Waals surface area contributed by atoms with Gasteiger partial charge in [-0.05, 0) is 25.9 Å². The molecule has 0 bridgehead atoms. The summed E-state index contributed by atoms with van der Waals surface area (Å²) in [6.45, 7) is 4.11. The molecule has 1 aliphatic rings. The zero-order valence-corrected chi connectivity index (χ0v) is 6.38. The highest BCUT2D eigenvalue weighted by atomic mass is 16.6. The molecule has 0 aromatic carbocycles. The van der Waals surface area contributed by atoms with E-state index in [0.717, 1.165) is 6.54 Å². The van der Waals surface area contributed by atoms with Crippen molar-refractivity contribution >= 4 is 0 Å². The van der Waals surface area contributed by atoms with E-state index in [1.54, 1.807) is 0 Å². The molecule has 1 heterocycles. The molecule has 60 valence electrons. The van der Waals surface area contributed by atoms with Crippen LogP contribution in [0.25, 0.3) is 0 Å². The molecule has 1 fully saturated rings. The second kappa shape index (κ2) is 4.66. The minimum absolute atomic E-state index is 0.667. The van der Waals surface area contributed by atoms with Crippen LogP contribution in [0.15, 0.2) is 0 Å². The molecule has 0 spiro atoms. The first-order chi connectivity index (χ1) is 4.93. The van der Waals surface area contributed by atoms with Gasteiger partial charge in [-0.1, -0.05) is 6.42 Å². The van der Waals surface area contributed by atoms with Gasteiger partial charge in [0.05, 0.1) is 6.61 Å². The monoisotopic (exact) mass is 144 g/mol. The van der Waals surface area contributed by atoms with Crippen LogP contribution in [0.4, 0.5) is 0 Å². The minimum atomic E-state index is 0.667. The average Bonchev–Trinajstić information content (AvgIpc) is 2.03. The summed E-state index contributed by atoms with van der Waals surface area (Å²) in [7, 11) is 0. The van der Waals surface area contributed by atoms with Crippen LogP contribution in [0.5, 0.6) is 0 Å². The Hall–Kier alpha value is -0.120. The van der Waals surface area contributed by atoms with Crippen LogP contribution in [0.1, 0.15) is 19.3 Å². The van der Waals surface area contributed by atoms with E-state index >= 15 is 0 Å². The number of piperidine rings is 1. The third kappa shape index (κ3) is 2.64. The van der Waals surface area contributed by atoms with E-state index in [1.807, 2.05) is 0 Å². The van der Waals surface area contributed by atoms with Gasteiger partial charge in [0.25, 0.3) is 0 Å². The summed E-state index contributed by atoms with van der Waals surface area (Å²) in [5.41, 5.74) is 0. The molecule has 0 aromatic rings. The summed E-state index contributed by atoms with van der Waals surface area (Å²) in [6.07, 6.45) is 4.06. The predicted molar refractivity (Wildman–Crippen MR) is 40.4 cm³/mol. The van der Waals surface area contributed by atoms with Gasteiger partial charge in [0.2, 0.25) is 0 Å². The van der Waals surface area contributed by atoms with Crippen LogP contribution < -0.4 is 5.90 Å². The average molecular weight is 144 g/mol. The first-order valence-electron chi connectivity index (χ1n) is 3.97. The summed E-state index contributed by atoms with van der Waals surface area (Å²) in [5, 5.41) is 0. The lowest BCUT2D eigenvalue weighted by atomic mass is 10.1. The standard InChI is InChI=1S/C7H16N2O/c8-10-7-6-9-4-2-1-3-5-9/h1-8H2. The zero-order chi connectivity index (χ0) is 7.23. The van der Waals surface area contributed by atoms with Crippen LogP contribution in [0.2, 0.25) is 0 Å². The molecule has 0 aliphatic carbocycles. The van der Waals surface area contributed by atoms with E-state index in [2.05, 4.69) is 9.74 Å². The maximum absolute atomic E-state index is 4.92. The molecule has 0 atom stereocenters. The second-order valence-electron chi connectivity index (χ2n) is 2.77. The Kier molecular flexibility index (Phi) is 3.72. The third-order valence-corrected chi connectivity index (χ3v) is 1.97. The number of nitrogens with two attached hydrogens (primary N) is 1. The van der Waals surface area contributed by atoms with Crippen LogP contribution in [0, 0.1) is 0 Å². The maximum atomic E-state index is 4.92. The molecule has 1 aliphatic heterocycles. The Morgan fingerprint density at radius 1 is 1.20 bits per heavy atom. The van der Waals surface area contributed by atoms with Crippen molar-refractivity contribution in [1.29, 1.82) is 0 Å². The van der Waals surface area contributed by atoms with Crippen LogP contribution in [0.3, 0.4) is 0 Å². The van der Waals surface area contributed by atoms with Gasteiger partial charge in [-0.2, -0.15) is 0 Å². The molecule has 3 heteroatoms. The summed E-state index contributed by atoms with van der Waals surface area (Å²) < 4.78 is 0. The molecule has 2 N–H and O–H groups in total. The third-order valence-electron chi connectivity index (χ3n) is 1.97. The minimum Gasteiger partial charge on any atom is -0.303 e. The molecule has 10 heavy (non-hydrogen) atoms. The van der Waals surface area contributed by atoms with Gasteiger partial charge in [-0.25, -0.2) is 5.90 Å². The van der Waals surface area contributed by atoms with Gasteiger partial charge in [-0.15, -0.1) is 0 Å². The van der Waals surface area contributed by atoms with Gasteiger partial charge in [-0.3, -0.25) is 0 Å². The van der Waals surface area contributed by atoms with Crippen LogP contribution in [-0.2, 0) is 4.84 Å². The summed E-state index contributed by atoms with van der Waals surface area (Å²) >= 11 is 0. The van der Waals surface area contributed by atoms with E-state index in [1.165, 1.54) is 32.4 Å². The summed E-state index contributed by atoms with van der Waals surface area (Å²) in [6, 6.07) is 0. The number of rotatable bonds is 3. The SMILES string of the molecule is NOCCN1CCCCC1. The van der Waals surface area contributed by atoms with Crippen LogP contribution in [-0.4, -0.2) is 31.1 Å². The molecule has 0 unspecified atom stereocenters. The molecule has 3 nitrogen and oxygen atoms in total. The smallest absolute Gasteiger partial charge is 0.0806 e. The highest BCUT2D eigenvalue weighted by Crippen LogP contribution is 2.07. The van der Waals surface area contributed by atoms with Gasteiger partial charge in [0.1, 0.15) is 0 Å². The molecular formula is C7H16N2O. The Balaban J connectivity index is 2.02. The zero-order valence-electron chi connectivity index (χ0n) is 6.38. The first-order valence-corrected chi connectivity index (χ1v) is 3.97. The predicted octanol–water partition coefficient (Wildman–Crippen LogP) is 0.363. The van der Waals surface area contributed by atoms with E-state index < -0.39 is 0 Å². The van der Waals surface area contributed by atoms with Crippen molar-refractivity contribution in [3.8, 4) is 0 Å². The van der Waals surface area contributed by atoms with Crippen molar-refractivity contribution in [2.24, 2.45) is 5.90 Å². The Labute approximate surface area is 62.1 Å². The number of hydrogen-bond acceptors (Lipinski definition) is 3. The fourth-order valence-electron chi connectivity index (χ4n) is 1.36. The van der Waals surface area contributed by atoms with E-state index in [-0.39, 0.29) is 0 Å². The van der Waals surface area contributed by atoms with Crippen molar-refractivity contribution in [1.82, 2.24) is 4.90 Å². The molecule has 0 aromatic heterocycles. The fourth-order valence-corrected chi connectivity index (χ4v) is 1.36. The quantitative estimate of drug-likeness (QED) is 0.581. The number of nitrogens with zero attached hydrogens (tertiary/aromatic N) is 1. The maximum Gasteiger partial charge on any atom is 0.0806 e. The molecule has 0 radical (unpaired) electrons. The van der Waals surface area contributed by atoms with Gasteiger partial charge in [0.15, 0.2) is 0 Å². The number of likely N-dealkylation sites (tertiary alicyclic amines) is 1. The fraction of sp³-hybridized carbons (Fsp3) is 1.00. The van der Waals surface area contributed by atoms with E-state index in [0.29, 0.717) is 6.61 Å². The van der Waals surface area contributed by atoms with E-state index in [9.17, 15) is 0 Å². The molecule has 1 saturated heterocycles. The van der Waals surface area contributed by atoms with Crippen molar-refractivity contribution in [2.45, 2.75) is 19.3 Å². The van der Waals surface area contributed by atoms with E-state index in [4.69, 9.17) is 5.90 Å². The number of hydrogen-bond donors (Lipinski definition) is 1. The lowest BCUT2D eigenvalue weighted by molar-refractivity contribution is 0.0979. The molecule has 0 amide bonds. The molecular weight excluding hydrogens is 128 g/mol. The summed E-state index contributed by atoms with van der Waals surface area (Å²) in [5.74, 6) is 4.92. The first kappa shape index (κ1) is 7.98. The van der Waals surface area contributed by atoms with Crippen LogP contribution >= 0.6 is 0 Å². The Bertz CT molecular complexity index is 81.7. The van der Waals surface area contributed by atoms with Gasteiger partial charge in [0, 0.05) is 6.54 Å². The van der Waals surface area contributed by atoms with Gasteiger partial charge < -0.3 is 9.74 Å². The largest absolute Gasteiger partial charge is 0.303 e. The van der Waals surface area contributed by atoms with Crippen molar-refractivity contribution in [3.05, 3.63) is 0 Å². The highest BCUT2D eigenvalue weighted by molar-refractivity contribution is 4.63. The second-order valence-corrected chi connectivity index (χ2v) is 2.77. The topological polar surface area (TPSA) is 38.5 Å². The Morgan fingerprint density at radius 3 is 2.50 bits per heavy atom. The lowest BCUT2D eigenvalue weighted by Crippen LogP contribution is -2.33. The van der Waals surface area contributed by atoms with Gasteiger partial charge >= 0.3 is 0 Å². The molecule has 0 saturated carbocycles. The van der Waals surface area contributed by atoms with Crippen molar-refractivity contribution in [2.75, 3.05) is 26.2 Å². The van der Waals surface area contributed by atoms with Crippen molar-refractivity contribution in [3.63, 3.8) is 0 Å². The highest BCUT2D eigenvalue weighted by Gasteiger charge is 2.08. The van der Waals surface area contributed by atoms with Crippen molar-refractivity contribution < 1.29 is 4.84 Å². The normalized spacial score (nSPS) is 21.3. The Morgan fingerprint density at radius 2 is 1.90 bits per heavy atom. The summed E-state index contributed by atoms with van der Waals surface area (Å²) in [4.78, 5) is 6.90. The molecule has 1 rings (SSSR count). The lowest BCUT2D eigenvalue weighted by Gasteiger charge is -2.25.